The van der Waals surface area contributed by atoms with E-state index in [1.807, 2.05) is 6.92 Å². The van der Waals surface area contributed by atoms with Crippen LogP contribution in [0.1, 0.15) is 19.4 Å². The van der Waals surface area contributed by atoms with Gasteiger partial charge in [-0.2, -0.15) is 4.31 Å². The molecular formula is C16H20ClNO5S. The molecule has 2 heterocycles. The molecule has 1 aromatic carbocycles. The Kier molecular flexibility index (Phi) is 3.60. The first-order valence-corrected chi connectivity index (χ1v) is 9.79. The molecule has 4 rings (SSSR count). The number of hydrogen-bond acceptors (Lipinski definition) is 5. The topological polar surface area (TPSA) is 75.8 Å². The number of hydrogen-bond donors (Lipinski definition) is 1. The lowest BCUT2D eigenvalue weighted by atomic mass is 9.92. The van der Waals surface area contributed by atoms with Crippen molar-refractivity contribution in [2.24, 2.45) is 0 Å². The number of ether oxygens (including phenoxy) is 2. The zero-order valence-corrected chi connectivity index (χ0v) is 15.2. The molecule has 0 spiro atoms. The van der Waals surface area contributed by atoms with Crippen LogP contribution in [0, 0.1) is 6.92 Å². The summed E-state index contributed by atoms with van der Waals surface area (Å²) < 4.78 is 38.9. The zero-order chi connectivity index (χ0) is 17.4. The number of nitrogens with zero attached hydrogens (tertiary/aromatic N) is 1. The molecule has 3 fully saturated rings. The largest absolute Gasteiger partial charge is 0.389 e. The van der Waals surface area contributed by atoms with Crippen LogP contribution in [0.2, 0.25) is 0 Å². The van der Waals surface area contributed by atoms with Gasteiger partial charge in [0, 0.05) is 0 Å². The molecule has 7 atom stereocenters. The van der Waals surface area contributed by atoms with Crippen molar-refractivity contribution in [2.45, 2.75) is 67.2 Å². The Balaban J connectivity index is 1.68. The van der Waals surface area contributed by atoms with Gasteiger partial charge in [-0.05, 0) is 32.9 Å². The fourth-order valence-electron chi connectivity index (χ4n) is 3.80. The lowest BCUT2D eigenvalue weighted by molar-refractivity contribution is -0.154. The molecule has 2 saturated heterocycles. The molecule has 1 aromatic rings. The maximum absolute atomic E-state index is 13.0. The second-order valence-corrected chi connectivity index (χ2v) is 9.48. The van der Waals surface area contributed by atoms with Crippen molar-refractivity contribution in [2.75, 3.05) is 0 Å². The van der Waals surface area contributed by atoms with Crippen molar-refractivity contribution >= 4 is 21.6 Å². The van der Waals surface area contributed by atoms with Crippen LogP contribution in [-0.4, -0.2) is 59.4 Å². The first-order valence-electron chi connectivity index (χ1n) is 7.91. The van der Waals surface area contributed by atoms with E-state index in [2.05, 4.69) is 0 Å². The second kappa shape index (κ2) is 5.16. The zero-order valence-electron chi connectivity index (χ0n) is 13.6. The van der Waals surface area contributed by atoms with E-state index < -0.39 is 51.6 Å². The van der Waals surface area contributed by atoms with Crippen molar-refractivity contribution in [3.05, 3.63) is 29.8 Å². The average Bonchev–Trinajstić information content (AvgIpc) is 3.17. The van der Waals surface area contributed by atoms with E-state index in [9.17, 15) is 13.5 Å². The summed E-state index contributed by atoms with van der Waals surface area (Å²) in [6.45, 7) is 5.39. The minimum Gasteiger partial charge on any atom is -0.389 e. The SMILES string of the molecule is Cc1ccc(S(=O)(=O)N2[C@@H]3[C@@H](Cl)[C@H](O)[C@H]4OC(C)(C)O[C@H]4[C@@H]32)cc1. The van der Waals surface area contributed by atoms with E-state index in [4.69, 9.17) is 21.1 Å². The normalized spacial score (nSPS) is 43.1. The Morgan fingerprint density at radius 3 is 2.33 bits per heavy atom. The molecule has 1 N–H and O–H groups in total. The molecule has 3 aliphatic rings. The molecular weight excluding hydrogens is 354 g/mol. The van der Waals surface area contributed by atoms with Gasteiger partial charge in [-0.1, -0.05) is 17.7 Å². The lowest BCUT2D eigenvalue weighted by Crippen LogP contribution is -2.50. The second-order valence-electron chi connectivity index (χ2n) is 7.13. The Morgan fingerprint density at radius 1 is 1.12 bits per heavy atom. The average molecular weight is 374 g/mol. The molecule has 1 unspecified atom stereocenters. The van der Waals surface area contributed by atoms with Crippen LogP contribution >= 0.6 is 11.6 Å². The minimum atomic E-state index is -3.70. The van der Waals surface area contributed by atoms with Gasteiger partial charge in [-0.3, -0.25) is 0 Å². The third kappa shape index (κ3) is 2.34. The molecule has 0 amide bonds. The molecule has 6 nitrogen and oxygen atoms in total. The first kappa shape index (κ1) is 16.8. The highest BCUT2D eigenvalue weighted by Gasteiger charge is 2.72. The molecule has 24 heavy (non-hydrogen) atoms. The highest BCUT2D eigenvalue weighted by molar-refractivity contribution is 7.89. The Hall–Kier alpha value is -0.700. The Morgan fingerprint density at radius 2 is 1.71 bits per heavy atom. The van der Waals surface area contributed by atoms with E-state index in [1.165, 1.54) is 4.31 Å². The number of sulfonamides is 1. The summed E-state index contributed by atoms with van der Waals surface area (Å²) in [6, 6.07) is 5.80. The highest BCUT2D eigenvalue weighted by atomic mass is 35.5. The van der Waals surface area contributed by atoms with E-state index in [0.717, 1.165) is 5.56 Å². The van der Waals surface area contributed by atoms with Gasteiger partial charge < -0.3 is 14.6 Å². The van der Waals surface area contributed by atoms with Gasteiger partial charge in [0.2, 0.25) is 10.0 Å². The molecule has 0 aromatic heterocycles. The van der Waals surface area contributed by atoms with Crippen molar-refractivity contribution in [3.63, 3.8) is 0 Å². The summed E-state index contributed by atoms with van der Waals surface area (Å²) in [6.07, 6.45) is -2.12. The van der Waals surface area contributed by atoms with Crippen LogP contribution < -0.4 is 0 Å². The number of rotatable bonds is 2. The first-order chi connectivity index (χ1) is 11.1. The highest BCUT2D eigenvalue weighted by Crippen LogP contribution is 2.52. The van der Waals surface area contributed by atoms with Gasteiger partial charge >= 0.3 is 0 Å². The maximum atomic E-state index is 13.0. The molecule has 0 radical (unpaired) electrons. The summed E-state index contributed by atoms with van der Waals surface area (Å²) in [7, 11) is -3.70. The number of fused-ring (bicyclic) bond motifs is 3. The number of aliphatic hydroxyl groups excluding tert-OH is 1. The molecule has 1 aliphatic carbocycles. The smallest absolute Gasteiger partial charge is 0.243 e. The van der Waals surface area contributed by atoms with Crippen LogP contribution in [0.3, 0.4) is 0 Å². The summed E-state index contributed by atoms with van der Waals surface area (Å²) >= 11 is 6.34. The van der Waals surface area contributed by atoms with Gasteiger partial charge in [0.1, 0.15) is 18.3 Å². The lowest BCUT2D eigenvalue weighted by Gasteiger charge is -2.28. The summed E-state index contributed by atoms with van der Waals surface area (Å²) in [5.74, 6) is -0.871. The van der Waals surface area contributed by atoms with Crippen LogP contribution in [0.5, 0.6) is 0 Å². The van der Waals surface area contributed by atoms with E-state index >= 15 is 0 Å². The van der Waals surface area contributed by atoms with Gasteiger partial charge in [-0.25, -0.2) is 8.42 Å². The van der Waals surface area contributed by atoms with E-state index in [1.54, 1.807) is 38.1 Å². The predicted octanol–water partition coefficient (Wildman–Crippen LogP) is 1.24. The van der Waals surface area contributed by atoms with Crippen molar-refractivity contribution in [3.8, 4) is 0 Å². The third-order valence-electron chi connectivity index (χ3n) is 4.93. The molecule has 132 valence electrons. The Bertz CT molecular complexity index is 765. The Labute approximate surface area is 146 Å². The van der Waals surface area contributed by atoms with Crippen molar-refractivity contribution in [1.29, 1.82) is 0 Å². The van der Waals surface area contributed by atoms with Crippen molar-refractivity contribution in [1.82, 2.24) is 4.31 Å². The minimum absolute atomic E-state index is 0.218. The van der Waals surface area contributed by atoms with Crippen LogP contribution in [-0.2, 0) is 19.5 Å². The van der Waals surface area contributed by atoms with Crippen LogP contribution in [0.15, 0.2) is 29.2 Å². The molecule has 0 bridgehead atoms. The summed E-state index contributed by atoms with van der Waals surface area (Å²) in [4.78, 5) is 0.218. The van der Waals surface area contributed by atoms with E-state index in [-0.39, 0.29) is 4.90 Å². The predicted molar refractivity (Wildman–Crippen MR) is 87.3 cm³/mol. The summed E-state index contributed by atoms with van der Waals surface area (Å²) in [5.41, 5.74) is 0.983. The van der Waals surface area contributed by atoms with Crippen molar-refractivity contribution < 1.29 is 23.0 Å². The van der Waals surface area contributed by atoms with Gasteiger partial charge in [-0.15, -0.1) is 11.6 Å². The van der Waals surface area contributed by atoms with Crippen LogP contribution in [0.4, 0.5) is 0 Å². The maximum Gasteiger partial charge on any atom is 0.243 e. The molecule has 2 aliphatic heterocycles. The monoisotopic (exact) mass is 373 g/mol. The van der Waals surface area contributed by atoms with Gasteiger partial charge in [0.05, 0.1) is 22.4 Å². The molecule has 1 saturated carbocycles. The van der Waals surface area contributed by atoms with E-state index in [0.29, 0.717) is 0 Å². The van der Waals surface area contributed by atoms with Gasteiger partial charge in [0.25, 0.3) is 0 Å². The quantitative estimate of drug-likeness (QED) is 0.623. The number of benzene rings is 1. The number of halogens is 1. The summed E-state index contributed by atoms with van der Waals surface area (Å²) in [5, 5.41) is 9.68. The number of aryl methyl sites for hydroxylation is 1. The molecule has 8 heteroatoms. The van der Waals surface area contributed by atoms with Crippen LogP contribution in [0.25, 0.3) is 0 Å². The fourth-order valence-corrected chi connectivity index (χ4v) is 6.09. The standard InChI is InChI=1S/C16H20ClNO5S/c1-8-4-6-9(7-5-8)24(20,21)18-11-10(17)13(19)15-14(12(11)18)22-16(2,3)23-15/h4-7,10-15,19H,1-3H3/t10-,11-,12-,13+,14+,15-,18?/m1/s1. The number of alkyl halides is 1. The number of aliphatic hydroxyl groups is 1. The third-order valence-corrected chi connectivity index (χ3v) is 7.36. The van der Waals surface area contributed by atoms with Gasteiger partial charge in [0.15, 0.2) is 5.79 Å². The fraction of sp³-hybridized carbons (Fsp3) is 0.625.